The summed E-state index contributed by atoms with van der Waals surface area (Å²) < 4.78 is 12.0. The summed E-state index contributed by atoms with van der Waals surface area (Å²) in [5.41, 5.74) is -0.0457. The Labute approximate surface area is 114 Å². The second kappa shape index (κ2) is 3.80. The molecule has 0 aromatic heterocycles. The second-order valence-corrected chi connectivity index (χ2v) is 6.48. The zero-order valence-electron chi connectivity index (χ0n) is 12.2. The minimum absolute atomic E-state index is 0.187. The summed E-state index contributed by atoms with van der Waals surface area (Å²) >= 11 is 0. The zero-order chi connectivity index (χ0) is 13.9. The predicted octanol–water partition coefficient (Wildman–Crippen LogP) is 2.87. The highest BCUT2D eigenvalue weighted by Crippen LogP contribution is 2.62. The lowest BCUT2D eigenvalue weighted by Crippen LogP contribution is -2.64. The van der Waals surface area contributed by atoms with Crippen LogP contribution in [-0.4, -0.2) is 24.8 Å². The SMILES string of the molecule is CC1=CC2(OCCO2)[C@]2(C)CC=C[C@H](C)[C@]2(C)C1=O. The van der Waals surface area contributed by atoms with E-state index >= 15 is 0 Å². The predicted molar refractivity (Wildman–Crippen MR) is 72.5 cm³/mol. The fraction of sp³-hybridized carbons (Fsp3) is 0.688. The van der Waals surface area contributed by atoms with Crippen LogP contribution in [0.1, 0.15) is 34.1 Å². The first kappa shape index (κ1) is 13.1. The van der Waals surface area contributed by atoms with Gasteiger partial charge in [-0.15, -0.1) is 0 Å². The smallest absolute Gasteiger partial charge is 0.195 e. The standard InChI is InChI=1S/C16H22O3/c1-11-10-16(18-8-9-19-16)14(3)7-5-6-12(2)15(14,4)13(11)17/h5-6,10,12H,7-9H2,1-4H3/t12-,14+,15+/m0/s1. The van der Waals surface area contributed by atoms with Crippen molar-refractivity contribution in [2.45, 2.75) is 39.9 Å². The van der Waals surface area contributed by atoms with E-state index in [1.165, 1.54) is 0 Å². The van der Waals surface area contributed by atoms with Gasteiger partial charge >= 0.3 is 0 Å². The van der Waals surface area contributed by atoms with Gasteiger partial charge in [0.25, 0.3) is 0 Å². The molecule has 3 rings (SSSR count). The second-order valence-electron chi connectivity index (χ2n) is 6.48. The van der Waals surface area contributed by atoms with E-state index in [0.717, 1.165) is 12.0 Å². The highest BCUT2D eigenvalue weighted by Gasteiger charge is 2.67. The highest BCUT2D eigenvalue weighted by molar-refractivity contribution is 6.01. The number of fused-ring (bicyclic) bond motifs is 2. The number of Topliss-reactive ketones (excluding diaryl/α,β-unsaturated/α-hetero) is 1. The molecule has 1 aliphatic heterocycles. The molecule has 1 fully saturated rings. The third-order valence-electron chi connectivity index (χ3n) is 5.73. The Morgan fingerprint density at radius 1 is 1.26 bits per heavy atom. The fourth-order valence-electron chi connectivity index (χ4n) is 4.13. The molecule has 2 aliphatic carbocycles. The summed E-state index contributed by atoms with van der Waals surface area (Å²) in [4.78, 5) is 12.8. The van der Waals surface area contributed by atoms with Crippen LogP contribution in [-0.2, 0) is 14.3 Å². The van der Waals surface area contributed by atoms with Gasteiger partial charge in [0, 0.05) is 10.8 Å². The number of carbonyl (C=O) groups excluding carboxylic acids is 1. The van der Waals surface area contributed by atoms with E-state index in [0.29, 0.717) is 13.2 Å². The molecule has 1 heterocycles. The number of allylic oxidation sites excluding steroid dienone is 3. The maximum Gasteiger partial charge on any atom is 0.195 e. The van der Waals surface area contributed by atoms with Crippen LogP contribution in [0.5, 0.6) is 0 Å². The van der Waals surface area contributed by atoms with Crippen LogP contribution in [0.4, 0.5) is 0 Å². The van der Waals surface area contributed by atoms with Crippen LogP contribution in [0.15, 0.2) is 23.8 Å². The summed E-state index contributed by atoms with van der Waals surface area (Å²) in [5, 5.41) is 0. The molecule has 0 N–H and O–H groups in total. The molecule has 0 unspecified atom stereocenters. The van der Waals surface area contributed by atoms with Gasteiger partial charge in [0.1, 0.15) is 0 Å². The van der Waals surface area contributed by atoms with Gasteiger partial charge in [-0.2, -0.15) is 0 Å². The van der Waals surface area contributed by atoms with Gasteiger partial charge in [0.05, 0.1) is 13.2 Å². The average molecular weight is 262 g/mol. The molecule has 1 saturated heterocycles. The van der Waals surface area contributed by atoms with Crippen molar-refractivity contribution in [3.8, 4) is 0 Å². The number of rotatable bonds is 0. The molecule has 0 saturated carbocycles. The lowest BCUT2D eigenvalue weighted by molar-refractivity contribution is -0.243. The topological polar surface area (TPSA) is 35.5 Å². The van der Waals surface area contributed by atoms with Gasteiger partial charge in [-0.05, 0) is 30.9 Å². The fourth-order valence-corrected chi connectivity index (χ4v) is 4.13. The van der Waals surface area contributed by atoms with Crippen LogP contribution < -0.4 is 0 Å². The van der Waals surface area contributed by atoms with Gasteiger partial charge in [-0.25, -0.2) is 0 Å². The Kier molecular flexibility index (Phi) is 2.61. The van der Waals surface area contributed by atoms with Crippen LogP contribution in [0, 0.1) is 16.7 Å². The summed E-state index contributed by atoms with van der Waals surface area (Å²) in [5.74, 6) is -0.317. The van der Waals surface area contributed by atoms with E-state index in [4.69, 9.17) is 9.47 Å². The molecule has 3 nitrogen and oxygen atoms in total. The molecule has 3 aliphatic rings. The van der Waals surface area contributed by atoms with E-state index in [-0.39, 0.29) is 17.1 Å². The van der Waals surface area contributed by atoms with Crippen molar-refractivity contribution in [1.29, 1.82) is 0 Å². The summed E-state index contributed by atoms with van der Waals surface area (Å²) in [6.45, 7) is 9.41. The number of ether oxygens (including phenoxy) is 2. The van der Waals surface area contributed by atoms with Crippen molar-refractivity contribution in [1.82, 2.24) is 0 Å². The molecule has 19 heavy (non-hydrogen) atoms. The largest absolute Gasteiger partial charge is 0.343 e. The van der Waals surface area contributed by atoms with Gasteiger partial charge < -0.3 is 9.47 Å². The van der Waals surface area contributed by atoms with Crippen molar-refractivity contribution < 1.29 is 14.3 Å². The lowest BCUT2D eigenvalue weighted by Gasteiger charge is -2.58. The molecule has 0 amide bonds. The van der Waals surface area contributed by atoms with Gasteiger partial charge in [-0.3, -0.25) is 4.79 Å². The molecular weight excluding hydrogens is 240 g/mol. The van der Waals surface area contributed by atoms with Gasteiger partial charge in [-0.1, -0.05) is 32.9 Å². The minimum Gasteiger partial charge on any atom is -0.343 e. The molecular formula is C16H22O3. The first-order valence-electron chi connectivity index (χ1n) is 7.06. The number of ketones is 1. The van der Waals surface area contributed by atoms with Crippen LogP contribution in [0.2, 0.25) is 0 Å². The van der Waals surface area contributed by atoms with Crippen molar-refractivity contribution in [2.24, 2.45) is 16.7 Å². The summed E-state index contributed by atoms with van der Waals surface area (Å²) in [6.07, 6.45) is 7.04. The Morgan fingerprint density at radius 3 is 2.53 bits per heavy atom. The quantitative estimate of drug-likeness (QED) is 0.630. The van der Waals surface area contributed by atoms with E-state index in [1.54, 1.807) is 0 Å². The van der Waals surface area contributed by atoms with Gasteiger partial charge in [0.15, 0.2) is 11.6 Å². The van der Waals surface area contributed by atoms with E-state index in [1.807, 2.05) is 13.0 Å². The molecule has 1 spiro atoms. The molecule has 104 valence electrons. The highest BCUT2D eigenvalue weighted by atomic mass is 16.7. The normalized spacial score (nSPS) is 44.3. The zero-order valence-corrected chi connectivity index (χ0v) is 12.2. The van der Waals surface area contributed by atoms with Crippen LogP contribution in [0.25, 0.3) is 0 Å². The Hall–Kier alpha value is -0.930. The van der Waals surface area contributed by atoms with Crippen LogP contribution in [0.3, 0.4) is 0 Å². The maximum atomic E-state index is 12.8. The summed E-state index contributed by atoms with van der Waals surface area (Å²) in [7, 11) is 0. The van der Waals surface area contributed by atoms with E-state index < -0.39 is 11.2 Å². The van der Waals surface area contributed by atoms with E-state index in [9.17, 15) is 4.79 Å². The van der Waals surface area contributed by atoms with E-state index in [2.05, 4.69) is 32.9 Å². The number of hydrogen-bond donors (Lipinski definition) is 0. The monoisotopic (exact) mass is 262 g/mol. The first-order valence-corrected chi connectivity index (χ1v) is 7.06. The van der Waals surface area contributed by atoms with Crippen LogP contribution >= 0.6 is 0 Å². The molecule has 3 atom stereocenters. The van der Waals surface area contributed by atoms with Crippen molar-refractivity contribution in [3.63, 3.8) is 0 Å². The third-order valence-corrected chi connectivity index (χ3v) is 5.73. The number of carbonyl (C=O) groups is 1. The Bertz CT molecular complexity index is 484. The molecule has 3 heteroatoms. The lowest BCUT2D eigenvalue weighted by atomic mass is 9.47. The van der Waals surface area contributed by atoms with Gasteiger partial charge in [0.2, 0.25) is 0 Å². The van der Waals surface area contributed by atoms with Crippen molar-refractivity contribution in [3.05, 3.63) is 23.8 Å². The maximum absolute atomic E-state index is 12.8. The third kappa shape index (κ3) is 1.33. The Balaban J connectivity index is 2.25. The summed E-state index contributed by atoms with van der Waals surface area (Å²) in [6, 6.07) is 0. The van der Waals surface area contributed by atoms with Crippen molar-refractivity contribution in [2.75, 3.05) is 13.2 Å². The number of hydrogen-bond acceptors (Lipinski definition) is 3. The Morgan fingerprint density at radius 2 is 1.89 bits per heavy atom. The average Bonchev–Trinajstić information content (AvgIpc) is 2.83. The molecule has 0 bridgehead atoms. The molecule has 0 radical (unpaired) electrons. The first-order chi connectivity index (χ1) is 8.87. The van der Waals surface area contributed by atoms with Crippen molar-refractivity contribution >= 4 is 5.78 Å². The molecule has 0 aromatic rings. The minimum atomic E-state index is -0.737. The molecule has 0 aromatic carbocycles.